The van der Waals surface area contributed by atoms with Crippen molar-refractivity contribution in [3.63, 3.8) is 0 Å². The standard InChI is InChI=1S/C9H14ClN3O2S/c1-2-3-7(6-16)4-12-5-8(10)9(11-12)13(14)15/h5,7,16H,2-4,6H2,1H3. The molecule has 0 radical (unpaired) electrons. The third-order valence-electron chi connectivity index (χ3n) is 2.27. The van der Waals surface area contributed by atoms with Gasteiger partial charge in [-0.3, -0.25) is 0 Å². The normalized spacial score (nSPS) is 12.7. The summed E-state index contributed by atoms with van der Waals surface area (Å²) < 4.78 is 1.52. The van der Waals surface area contributed by atoms with Gasteiger partial charge >= 0.3 is 5.82 Å². The van der Waals surface area contributed by atoms with E-state index in [1.807, 2.05) is 0 Å². The van der Waals surface area contributed by atoms with E-state index in [4.69, 9.17) is 11.6 Å². The van der Waals surface area contributed by atoms with E-state index < -0.39 is 4.92 Å². The van der Waals surface area contributed by atoms with Gasteiger partial charge < -0.3 is 10.1 Å². The largest absolute Gasteiger partial charge is 0.408 e. The number of hydrogen-bond acceptors (Lipinski definition) is 4. The van der Waals surface area contributed by atoms with Crippen LogP contribution in [0.5, 0.6) is 0 Å². The third kappa shape index (κ3) is 3.38. The van der Waals surface area contributed by atoms with E-state index in [9.17, 15) is 10.1 Å². The first kappa shape index (κ1) is 13.3. The summed E-state index contributed by atoms with van der Waals surface area (Å²) in [6.45, 7) is 2.71. The molecule has 0 aliphatic carbocycles. The van der Waals surface area contributed by atoms with Crippen molar-refractivity contribution < 1.29 is 4.92 Å². The summed E-state index contributed by atoms with van der Waals surface area (Å²) in [4.78, 5) is 9.97. The summed E-state index contributed by atoms with van der Waals surface area (Å²) in [5.74, 6) is 0.819. The van der Waals surface area contributed by atoms with Crippen molar-refractivity contribution in [2.24, 2.45) is 5.92 Å². The summed E-state index contributed by atoms with van der Waals surface area (Å²) >= 11 is 9.94. The molecule has 0 fully saturated rings. The van der Waals surface area contributed by atoms with Gasteiger partial charge in [-0.2, -0.15) is 17.3 Å². The van der Waals surface area contributed by atoms with Crippen LogP contribution in [0.3, 0.4) is 0 Å². The van der Waals surface area contributed by atoms with E-state index in [0.717, 1.165) is 18.6 Å². The molecule has 1 heterocycles. The highest BCUT2D eigenvalue weighted by Crippen LogP contribution is 2.22. The minimum absolute atomic E-state index is 0.0828. The summed E-state index contributed by atoms with van der Waals surface area (Å²) in [5, 5.41) is 14.5. The number of hydrogen-bond donors (Lipinski definition) is 1. The van der Waals surface area contributed by atoms with Gasteiger partial charge in [-0.1, -0.05) is 24.9 Å². The first-order chi connectivity index (χ1) is 7.58. The monoisotopic (exact) mass is 263 g/mol. The Morgan fingerprint density at radius 2 is 2.44 bits per heavy atom. The Kier molecular flexibility index (Phi) is 5.08. The number of thiol groups is 1. The second-order valence-electron chi connectivity index (χ2n) is 3.62. The Hall–Kier alpha value is -0.750. The number of halogens is 1. The molecule has 0 aliphatic heterocycles. The molecule has 1 rings (SSSR count). The maximum atomic E-state index is 10.5. The van der Waals surface area contributed by atoms with Gasteiger partial charge in [-0.05, 0) is 23.0 Å². The molecule has 0 aliphatic rings. The number of nitro groups is 1. The zero-order valence-corrected chi connectivity index (χ0v) is 10.6. The maximum absolute atomic E-state index is 10.5. The summed E-state index contributed by atoms with van der Waals surface area (Å²) in [7, 11) is 0. The van der Waals surface area contributed by atoms with E-state index in [1.54, 1.807) is 0 Å². The van der Waals surface area contributed by atoms with Crippen LogP contribution < -0.4 is 0 Å². The highest BCUT2D eigenvalue weighted by molar-refractivity contribution is 7.80. The van der Waals surface area contributed by atoms with Gasteiger partial charge in [0, 0.05) is 0 Å². The maximum Gasteiger partial charge on any atom is 0.408 e. The van der Waals surface area contributed by atoms with Crippen molar-refractivity contribution in [2.45, 2.75) is 26.3 Å². The molecule has 90 valence electrons. The molecule has 0 N–H and O–H groups in total. The van der Waals surface area contributed by atoms with E-state index in [1.165, 1.54) is 10.9 Å². The van der Waals surface area contributed by atoms with Crippen LogP contribution in [0.25, 0.3) is 0 Å². The first-order valence-corrected chi connectivity index (χ1v) is 6.07. The zero-order valence-electron chi connectivity index (χ0n) is 8.97. The van der Waals surface area contributed by atoms with Crippen molar-refractivity contribution in [1.82, 2.24) is 9.78 Å². The van der Waals surface area contributed by atoms with E-state index >= 15 is 0 Å². The predicted molar refractivity (Wildman–Crippen MR) is 66.1 cm³/mol. The topological polar surface area (TPSA) is 61.0 Å². The summed E-state index contributed by atoms with van der Waals surface area (Å²) in [6, 6.07) is 0. The van der Waals surface area contributed by atoms with Crippen molar-refractivity contribution in [3.8, 4) is 0 Å². The first-order valence-electron chi connectivity index (χ1n) is 5.06. The van der Waals surface area contributed by atoms with Crippen LogP contribution >= 0.6 is 24.2 Å². The van der Waals surface area contributed by atoms with E-state index in [-0.39, 0.29) is 10.8 Å². The van der Waals surface area contributed by atoms with Gasteiger partial charge in [-0.25, -0.2) is 0 Å². The summed E-state index contributed by atoms with van der Waals surface area (Å²) in [6.07, 6.45) is 3.57. The van der Waals surface area contributed by atoms with Gasteiger partial charge in [0.25, 0.3) is 0 Å². The van der Waals surface area contributed by atoms with Gasteiger partial charge in [-0.15, -0.1) is 0 Å². The minimum Gasteiger partial charge on any atom is -0.358 e. The number of rotatable bonds is 6. The Morgan fingerprint density at radius 3 is 2.88 bits per heavy atom. The molecule has 0 saturated carbocycles. The van der Waals surface area contributed by atoms with Crippen LogP contribution in [-0.2, 0) is 6.54 Å². The zero-order chi connectivity index (χ0) is 12.1. The fourth-order valence-corrected chi connectivity index (χ4v) is 2.03. The Balaban J connectivity index is 2.73. The van der Waals surface area contributed by atoms with Crippen LogP contribution in [0.4, 0.5) is 5.82 Å². The van der Waals surface area contributed by atoms with Gasteiger partial charge in [0.2, 0.25) is 0 Å². The molecule has 1 aromatic heterocycles. The fraction of sp³-hybridized carbons (Fsp3) is 0.667. The average Bonchev–Trinajstić information content (AvgIpc) is 2.59. The lowest BCUT2D eigenvalue weighted by molar-refractivity contribution is -0.389. The van der Waals surface area contributed by atoms with Gasteiger partial charge in [0.15, 0.2) is 5.02 Å². The molecule has 0 aromatic carbocycles. The second-order valence-corrected chi connectivity index (χ2v) is 4.39. The third-order valence-corrected chi connectivity index (χ3v) is 3.06. The molecule has 1 atom stereocenters. The average molecular weight is 264 g/mol. The molecule has 5 nitrogen and oxygen atoms in total. The predicted octanol–water partition coefficient (Wildman–Crippen LogP) is 2.79. The Bertz CT molecular complexity index is 370. The quantitative estimate of drug-likeness (QED) is 0.488. The van der Waals surface area contributed by atoms with Crippen LogP contribution in [0, 0.1) is 16.0 Å². The number of nitrogens with zero attached hydrogens (tertiary/aromatic N) is 3. The SMILES string of the molecule is CCCC(CS)Cn1cc(Cl)c([N+](=O)[O-])n1. The van der Waals surface area contributed by atoms with Crippen molar-refractivity contribution in [1.29, 1.82) is 0 Å². The van der Waals surface area contributed by atoms with Gasteiger partial charge in [0.05, 0.1) is 17.8 Å². The molecule has 0 bridgehead atoms. The lowest BCUT2D eigenvalue weighted by Gasteiger charge is -2.10. The second kappa shape index (κ2) is 6.10. The molecule has 1 unspecified atom stereocenters. The van der Waals surface area contributed by atoms with E-state index in [2.05, 4.69) is 24.7 Å². The molecule has 0 saturated heterocycles. The van der Waals surface area contributed by atoms with E-state index in [0.29, 0.717) is 12.5 Å². The minimum atomic E-state index is -0.575. The van der Waals surface area contributed by atoms with Crippen molar-refractivity contribution >= 4 is 30.0 Å². The summed E-state index contributed by atoms with van der Waals surface area (Å²) in [5.41, 5.74) is 0. The van der Waals surface area contributed by atoms with Crippen molar-refractivity contribution in [3.05, 3.63) is 21.3 Å². The lowest BCUT2D eigenvalue weighted by Crippen LogP contribution is -2.12. The molecule has 1 aromatic rings. The molecular formula is C9H14ClN3O2S. The fourth-order valence-electron chi connectivity index (χ4n) is 1.52. The van der Waals surface area contributed by atoms with Crippen molar-refractivity contribution in [2.75, 3.05) is 5.75 Å². The highest BCUT2D eigenvalue weighted by atomic mass is 35.5. The van der Waals surface area contributed by atoms with Crippen LogP contribution in [0.2, 0.25) is 5.02 Å². The van der Waals surface area contributed by atoms with Crippen LogP contribution in [0.1, 0.15) is 19.8 Å². The molecule has 16 heavy (non-hydrogen) atoms. The molecule has 0 amide bonds. The Morgan fingerprint density at radius 1 is 1.75 bits per heavy atom. The number of aromatic nitrogens is 2. The van der Waals surface area contributed by atoms with Gasteiger partial charge in [0.1, 0.15) is 0 Å². The Labute approximate surface area is 104 Å². The highest BCUT2D eigenvalue weighted by Gasteiger charge is 2.20. The van der Waals surface area contributed by atoms with Crippen LogP contribution in [0.15, 0.2) is 6.20 Å². The molecule has 0 spiro atoms. The smallest absolute Gasteiger partial charge is 0.358 e. The van der Waals surface area contributed by atoms with Crippen LogP contribution in [-0.4, -0.2) is 20.5 Å². The molecule has 7 heteroatoms. The molecular weight excluding hydrogens is 250 g/mol. The lowest BCUT2D eigenvalue weighted by atomic mass is 10.1.